The Hall–Kier alpha value is -1.59. The summed E-state index contributed by atoms with van der Waals surface area (Å²) in [4.78, 5) is 17.7. The monoisotopic (exact) mass is 281 g/mol. The SMILES string of the molecule is Cc1csc(N(C)C(=O)Nc2ccc(Cl)cc2)n1. The quantitative estimate of drug-likeness (QED) is 0.911. The number of halogens is 1. The lowest BCUT2D eigenvalue weighted by atomic mass is 10.3. The summed E-state index contributed by atoms with van der Waals surface area (Å²) >= 11 is 7.21. The summed E-state index contributed by atoms with van der Waals surface area (Å²) in [5.41, 5.74) is 1.60. The molecule has 6 heteroatoms. The van der Waals surface area contributed by atoms with E-state index in [4.69, 9.17) is 11.6 Å². The van der Waals surface area contributed by atoms with Crippen molar-refractivity contribution in [2.24, 2.45) is 0 Å². The number of nitrogens with one attached hydrogen (secondary N) is 1. The Morgan fingerprint density at radius 2 is 2.06 bits per heavy atom. The number of urea groups is 1. The molecule has 1 heterocycles. The van der Waals surface area contributed by atoms with Gasteiger partial charge in [0.15, 0.2) is 5.13 Å². The van der Waals surface area contributed by atoms with Crippen molar-refractivity contribution in [2.45, 2.75) is 6.92 Å². The van der Waals surface area contributed by atoms with Crippen LogP contribution in [0.4, 0.5) is 15.6 Å². The van der Waals surface area contributed by atoms with Crippen LogP contribution in [0.1, 0.15) is 5.69 Å². The summed E-state index contributed by atoms with van der Waals surface area (Å²) in [5.74, 6) is 0. The molecule has 1 aromatic carbocycles. The fourth-order valence-electron chi connectivity index (χ4n) is 1.32. The largest absolute Gasteiger partial charge is 0.327 e. The van der Waals surface area contributed by atoms with E-state index in [0.29, 0.717) is 15.8 Å². The number of thiazole rings is 1. The Balaban J connectivity index is 2.05. The van der Waals surface area contributed by atoms with Crippen molar-refractivity contribution < 1.29 is 4.79 Å². The van der Waals surface area contributed by atoms with Gasteiger partial charge in [0.25, 0.3) is 0 Å². The maximum absolute atomic E-state index is 12.0. The number of hydrogen-bond acceptors (Lipinski definition) is 3. The van der Waals surface area contributed by atoms with Crippen LogP contribution in [0.3, 0.4) is 0 Å². The van der Waals surface area contributed by atoms with Gasteiger partial charge in [-0.25, -0.2) is 9.78 Å². The summed E-state index contributed by atoms with van der Waals surface area (Å²) in [6.07, 6.45) is 0. The Labute approximate surface area is 114 Å². The van der Waals surface area contributed by atoms with Crippen molar-refractivity contribution in [3.63, 3.8) is 0 Å². The van der Waals surface area contributed by atoms with Crippen molar-refractivity contribution in [2.75, 3.05) is 17.3 Å². The molecule has 94 valence electrons. The molecule has 0 radical (unpaired) electrons. The van der Waals surface area contributed by atoms with Crippen molar-refractivity contribution in [1.82, 2.24) is 4.98 Å². The molecule has 0 bridgehead atoms. The van der Waals surface area contributed by atoms with Gasteiger partial charge in [0, 0.05) is 23.1 Å². The van der Waals surface area contributed by atoms with Crippen molar-refractivity contribution in [1.29, 1.82) is 0 Å². The van der Waals surface area contributed by atoms with E-state index in [9.17, 15) is 4.79 Å². The second kappa shape index (κ2) is 5.37. The smallest absolute Gasteiger partial charge is 0.307 e. The number of carbonyl (C=O) groups excluding carboxylic acids is 1. The summed E-state index contributed by atoms with van der Waals surface area (Å²) < 4.78 is 0. The van der Waals surface area contributed by atoms with Crippen LogP contribution in [0.2, 0.25) is 5.02 Å². The van der Waals surface area contributed by atoms with E-state index < -0.39 is 0 Å². The number of anilines is 2. The average Bonchev–Trinajstić information content (AvgIpc) is 2.78. The van der Waals surface area contributed by atoms with Crippen molar-refractivity contribution in [3.05, 3.63) is 40.4 Å². The lowest BCUT2D eigenvalue weighted by Crippen LogP contribution is -2.31. The molecule has 0 saturated carbocycles. The maximum Gasteiger partial charge on any atom is 0.327 e. The molecule has 0 atom stereocenters. The lowest BCUT2D eigenvalue weighted by Gasteiger charge is -2.14. The summed E-state index contributed by atoms with van der Waals surface area (Å²) in [5, 5.41) is 5.98. The third-order valence-electron chi connectivity index (χ3n) is 2.29. The maximum atomic E-state index is 12.0. The number of nitrogens with zero attached hydrogens (tertiary/aromatic N) is 2. The minimum Gasteiger partial charge on any atom is -0.307 e. The number of aryl methyl sites for hydroxylation is 1. The van der Waals surface area contributed by atoms with E-state index in [1.54, 1.807) is 31.3 Å². The first kappa shape index (κ1) is 12.9. The highest BCUT2D eigenvalue weighted by molar-refractivity contribution is 7.14. The normalized spacial score (nSPS) is 10.2. The number of amides is 2. The van der Waals surface area contributed by atoms with Gasteiger partial charge in [-0.1, -0.05) is 11.6 Å². The second-order valence-corrected chi connectivity index (χ2v) is 5.04. The van der Waals surface area contributed by atoms with Crippen LogP contribution >= 0.6 is 22.9 Å². The predicted molar refractivity (Wildman–Crippen MR) is 75.7 cm³/mol. The molecule has 0 unspecified atom stereocenters. The molecule has 0 spiro atoms. The summed E-state index contributed by atoms with van der Waals surface area (Å²) in [7, 11) is 1.68. The van der Waals surface area contributed by atoms with Crippen LogP contribution in [0.25, 0.3) is 0 Å². The molecule has 4 nitrogen and oxygen atoms in total. The summed E-state index contributed by atoms with van der Waals surface area (Å²) in [6, 6.07) is 6.73. The lowest BCUT2D eigenvalue weighted by molar-refractivity contribution is 0.258. The zero-order valence-electron chi connectivity index (χ0n) is 9.98. The third kappa shape index (κ3) is 3.00. The fraction of sp³-hybridized carbons (Fsp3) is 0.167. The minimum absolute atomic E-state index is 0.230. The number of aromatic nitrogens is 1. The van der Waals surface area contributed by atoms with E-state index in [1.807, 2.05) is 12.3 Å². The molecule has 1 N–H and O–H groups in total. The van der Waals surface area contributed by atoms with Gasteiger partial charge in [-0.15, -0.1) is 11.3 Å². The molecule has 0 aliphatic rings. The van der Waals surface area contributed by atoms with Crippen LogP contribution in [0, 0.1) is 6.92 Å². The highest BCUT2D eigenvalue weighted by atomic mass is 35.5. The third-order valence-corrected chi connectivity index (χ3v) is 3.58. The number of carbonyl (C=O) groups is 1. The molecule has 2 amide bonds. The van der Waals surface area contributed by atoms with Crippen LogP contribution in [-0.4, -0.2) is 18.1 Å². The Bertz CT molecular complexity index is 553. The predicted octanol–water partition coefficient (Wildman–Crippen LogP) is 3.77. The van der Waals surface area contributed by atoms with E-state index in [-0.39, 0.29) is 6.03 Å². The Morgan fingerprint density at radius 3 is 2.61 bits per heavy atom. The van der Waals surface area contributed by atoms with Gasteiger partial charge in [0.05, 0.1) is 5.69 Å². The molecule has 1 aromatic heterocycles. The van der Waals surface area contributed by atoms with E-state index in [2.05, 4.69) is 10.3 Å². The standard InChI is InChI=1S/C12H12ClN3OS/c1-8-7-18-12(14-8)16(2)11(17)15-10-5-3-9(13)4-6-10/h3-7H,1-2H3,(H,15,17). The Morgan fingerprint density at radius 1 is 1.39 bits per heavy atom. The van der Waals surface area contributed by atoms with E-state index in [0.717, 1.165) is 5.69 Å². The average molecular weight is 282 g/mol. The first-order valence-corrected chi connectivity index (χ1v) is 6.54. The van der Waals surface area contributed by atoms with Crippen molar-refractivity contribution >= 4 is 39.8 Å². The molecule has 0 aliphatic carbocycles. The number of hydrogen-bond donors (Lipinski definition) is 1. The van der Waals surface area contributed by atoms with Crippen LogP contribution < -0.4 is 10.2 Å². The fourth-order valence-corrected chi connectivity index (χ4v) is 2.22. The molecule has 2 rings (SSSR count). The molecule has 0 saturated heterocycles. The molecular formula is C12H12ClN3OS. The Kier molecular flexibility index (Phi) is 3.84. The van der Waals surface area contributed by atoms with E-state index in [1.165, 1.54) is 16.2 Å². The molecule has 18 heavy (non-hydrogen) atoms. The highest BCUT2D eigenvalue weighted by Gasteiger charge is 2.13. The topological polar surface area (TPSA) is 45.2 Å². The summed E-state index contributed by atoms with van der Waals surface area (Å²) in [6.45, 7) is 1.89. The molecule has 0 fully saturated rings. The van der Waals surface area contributed by atoms with Gasteiger partial charge >= 0.3 is 6.03 Å². The van der Waals surface area contributed by atoms with Crippen LogP contribution in [0.15, 0.2) is 29.6 Å². The van der Waals surface area contributed by atoms with Gasteiger partial charge in [0.2, 0.25) is 0 Å². The first-order chi connectivity index (χ1) is 8.56. The highest BCUT2D eigenvalue weighted by Crippen LogP contribution is 2.20. The van der Waals surface area contributed by atoms with Crippen LogP contribution in [-0.2, 0) is 0 Å². The van der Waals surface area contributed by atoms with Gasteiger partial charge < -0.3 is 5.32 Å². The minimum atomic E-state index is -0.230. The van der Waals surface area contributed by atoms with Crippen molar-refractivity contribution in [3.8, 4) is 0 Å². The second-order valence-electron chi connectivity index (χ2n) is 3.77. The molecule has 2 aromatic rings. The van der Waals surface area contributed by atoms with Gasteiger partial charge in [-0.2, -0.15) is 0 Å². The zero-order valence-corrected chi connectivity index (χ0v) is 11.5. The zero-order chi connectivity index (χ0) is 13.1. The number of benzene rings is 1. The van der Waals surface area contributed by atoms with E-state index >= 15 is 0 Å². The van der Waals surface area contributed by atoms with Gasteiger partial charge in [0.1, 0.15) is 0 Å². The van der Waals surface area contributed by atoms with Gasteiger partial charge in [-0.05, 0) is 31.2 Å². The molecular weight excluding hydrogens is 270 g/mol. The van der Waals surface area contributed by atoms with Crippen LogP contribution in [0.5, 0.6) is 0 Å². The first-order valence-electron chi connectivity index (χ1n) is 5.28. The molecule has 0 aliphatic heterocycles. The van der Waals surface area contributed by atoms with Gasteiger partial charge in [-0.3, -0.25) is 4.90 Å². The number of rotatable bonds is 2.